The van der Waals surface area contributed by atoms with Crippen LogP contribution in [0.15, 0.2) is 59.5 Å². The second kappa shape index (κ2) is 7.47. The molecular weight excluding hydrogens is 376 g/mol. The first kappa shape index (κ1) is 18.8. The van der Waals surface area contributed by atoms with Gasteiger partial charge < -0.3 is 9.64 Å². The van der Waals surface area contributed by atoms with Crippen molar-refractivity contribution in [3.8, 4) is 5.75 Å². The first-order chi connectivity index (χ1) is 13.5. The summed E-state index contributed by atoms with van der Waals surface area (Å²) in [6.45, 7) is -0.0376. The van der Waals surface area contributed by atoms with Crippen LogP contribution in [-0.2, 0) is 14.8 Å². The maximum atomic E-state index is 13.3. The van der Waals surface area contributed by atoms with E-state index in [1.165, 1.54) is 4.31 Å². The summed E-state index contributed by atoms with van der Waals surface area (Å²) < 4.78 is 33.8. The molecule has 1 fully saturated rings. The fourth-order valence-corrected chi connectivity index (χ4v) is 5.47. The summed E-state index contributed by atoms with van der Waals surface area (Å²) in [5.41, 5.74) is 0.457. The van der Waals surface area contributed by atoms with Gasteiger partial charge in [0.15, 0.2) is 6.10 Å². The van der Waals surface area contributed by atoms with Crippen LogP contribution < -0.4 is 9.04 Å². The Morgan fingerprint density at radius 3 is 2.39 bits per heavy atom. The maximum Gasteiger partial charge on any atom is 0.265 e. The molecule has 0 radical (unpaired) electrons. The van der Waals surface area contributed by atoms with Crippen LogP contribution >= 0.6 is 0 Å². The number of rotatable bonds is 4. The number of benzene rings is 2. The standard InChI is InChI=1S/C21H24N2O4S/c1-22(16-9-5-6-10-16)21(24)20-15-23(18-13-7-8-14-19(18)27-20)28(25,26)17-11-3-2-4-12-17/h2-4,7-8,11-14,16,20H,5-6,9-10,15H2,1H3/t20-/m0/s1. The van der Waals surface area contributed by atoms with Crippen LogP contribution in [0.25, 0.3) is 0 Å². The predicted molar refractivity (Wildman–Crippen MR) is 107 cm³/mol. The average molecular weight is 401 g/mol. The fraction of sp³-hybridized carbons (Fsp3) is 0.381. The predicted octanol–water partition coefficient (Wildman–Crippen LogP) is 3.04. The zero-order chi connectivity index (χ0) is 19.7. The van der Waals surface area contributed by atoms with Crippen LogP contribution in [0.2, 0.25) is 0 Å². The molecular formula is C21H24N2O4S. The number of para-hydroxylation sites is 2. The minimum absolute atomic E-state index is 0.0376. The lowest BCUT2D eigenvalue weighted by atomic mass is 10.1. The molecule has 7 heteroatoms. The number of amides is 1. The Bertz CT molecular complexity index is 955. The number of carbonyl (C=O) groups is 1. The van der Waals surface area contributed by atoms with Crippen molar-refractivity contribution in [2.45, 2.75) is 42.7 Å². The zero-order valence-electron chi connectivity index (χ0n) is 15.8. The molecule has 1 saturated carbocycles. The molecule has 1 heterocycles. The molecule has 2 aromatic carbocycles. The van der Waals surface area contributed by atoms with Gasteiger partial charge in [0.1, 0.15) is 5.75 Å². The van der Waals surface area contributed by atoms with Crippen molar-refractivity contribution in [3.05, 3.63) is 54.6 Å². The average Bonchev–Trinajstić information content (AvgIpc) is 3.27. The molecule has 0 unspecified atom stereocenters. The minimum atomic E-state index is -3.80. The summed E-state index contributed by atoms with van der Waals surface area (Å²) in [7, 11) is -2.01. The van der Waals surface area contributed by atoms with Gasteiger partial charge in [0.05, 0.1) is 17.1 Å². The first-order valence-corrected chi connectivity index (χ1v) is 11.0. The van der Waals surface area contributed by atoms with Gasteiger partial charge in [0, 0.05) is 13.1 Å². The van der Waals surface area contributed by atoms with E-state index in [0.717, 1.165) is 25.7 Å². The van der Waals surface area contributed by atoms with Crippen LogP contribution in [0.1, 0.15) is 25.7 Å². The first-order valence-electron chi connectivity index (χ1n) is 9.58. The van der Waals surface area contributed by atoms with Crippen molar-refractivity contribution in [3.63, 3.8) is 0 Å². The summed E-state index contributed by atoms with van der Waals surface area (Å²) in [4.78, 5) is 15.0. The number of ether oxygens (including phenoxy) is 1. The number of nitrogens with zero attached hydrogens (tertiary/aromatic N) is 2. The number of sulfonamides is 1. The lowest BCUT2D eigenvalue weighted by Gasteiger charge is -2.37. The fourth-order valence-electron chi connectivity index (χ4n) is 3.98. The van der Waals surface area contributed by atoms with E-state index in [-0.39, 0.29) is 23.4 Å². The van der Waals surface area contributed by atoms with Gasteiger partial charge in [0.25, 0.3) is 15.9 Å². The van der Waals surface area contributed by atoms with Crippen LogP contribution in [-0.4, -0.2) is 45.0 Å². The molecule has 28 heavy (non-hydrogen) atoms. The molecule has 6 nitrogen and oxygen atoms in total. The zero-order valence-corrected chi connectivity index (χ0v) is 16.6. The highest BCUT2D eigenvalue weighted by molar-refractivity contribution is 7.92. The van der Waals surface area contributed by atoms with Gasteiger partial charge in [-0.3, -0.25) is 9.10 Å². The molecule has 0 saturated heterocycles. The summed E-state index contributed by atoms with van der Waals surface area (Å²) in [6, 6.07) is 15.4. The quantitative estimate of drug-likeness (QED) is 0.791. The Labute approximate surface area is 165 Å². The molecule has 0 spiro atoms. The normalized spacial score (nSPS) is 19.8. The molecule has 148 valence electrons. The van der Waals surface area contributed by atoms with Gasteiger partial charge in [-0.1, -0.05) is 43.2 Å². The number of anilines is 1. The highest BCUT2D eigenvalue weighted by Crippen LogP contribution is 2.37. The van der Waals surface area contributed by atoms with E-state index in [9.17, 15) is 13.2 Å². The van der Waals surface area contributed by atoms with E-state index in [2.05, 4.69) is 0 Å². The van der Waals surface area contributed by atoms with Gasteiger partial charge in [-0.2, -0.15) is 0 Å². The second-order valence-electron chi connectivity index (χ2n) is 7.31. The van der Waals surface area contributed by atoms with Crippen LogP contribution in [0.4, 0.5) is 5.69 Å². The van der Waals surface area contributed by atoms with E-state index in [1.54, 1.807) is 66.5 Å². The van der Waals surface area contributed by atoms with E-state index >= 15 is 0 Å². The number of hydrogen-bond acceptors (Lipinski definition) is 4. The lowest BCUT2D eigenvalue weighted by Crippen LogP contribution is -2.52. The lowest BCUT2D eigenvalue weighted by molar-refractivity contribution is -0.139. The highest BCUT2D eigenvalue weighted by atomic mass is 32.2. The number of hydrogen-bond donors (Lipinski definition) is 0. The van der Waals surface area contributed by atoms with Gasteiger partial charge in [-0.15, -0.1) is 0 Å². The monoisotopic (exact) mass is 400 g/mol. The summed E-state index contributed by atoms with van der Waals surface area (Å²) >= 11 is 0. The van der Waals surface area contributed by atoms with Crippen molar-refractivity contribution in [2.75, 3.05) is 17.9 Å². The highest BCUT2D eigenvalue weighted by Gasteiger charge is 2.39. The molecule has 4 rings (SSSR count). The molecule has 0 aromatic heterocycles. The largest absolute Gasteiger partial charge is 0.476 e. The molecule has 1 aliphatic heterocycles. The van der Waals surface area contributed by atoms with Crippen LogP contribution in [0, 0.1) is 0 Å². The summed E-state index contributed by atoms with van der Waals surface area (Å²) in [5, 5.41) is 0. The molecule has 2 aromatic rings. The van der Waals surface area contributed by atoms with Gasteiger partial charge >= 0.3 is 0 Å². The van der Waals surface area contributed by atoms with Gasteiger partial charge in [-0.25, -0.2) is 8.42 Å². The molecule has 1 amide bonds. The van der Waals surface area contributed by atoms with Crippen molar-refractivity contribution in [1.82, 2.24) is 4.90 Å². The molecule has 0 N–H and O–H groups in total. The number of fused-ring (bicyclic) bond motifs is 1. The Kier molecular flexibility index (Phi) is 5.02. The van der Waals surface area contributed by atoms with Crippen LogP contribution in [0.3, 0.4) is 0 Å². The SMILES string of the molecule is CN(C(=O)[C@@H]1CN(S(=O)(=O)c2ccccc2)c2ccccc2O1)C1CCCC1. The Balaban J connectivity index is 1.68. The molecule has 1 aliphatic carbocycles. The van der Waals surface area contributed by atoms with Crippen molar-refractivity contribution < 1.29 is 17.9 Å². The molecule has 0 bridgehead atoms. The van der Waals surface area contributed by atoms with E-state index in [0.29, 0.717) is 11.4 Å². The summed E-state index contributed by atoms with van der Waals surface area (Å²) in [6.07, 6.45) is 3.34. The maximum absolute atomic E-state index is 13.3. The van der Waals surface area contributed by atoms with Crippen molar-refractivity contribution in [1.29, 1.82) is 0 Å². The third-order valence-corrected chi connectivity index (χ3v) is 7.36. The number of carbonyl (C=O) groups excluding carboxylic acids is 1. The van der Waals surface area contributed by atoms with Gasteiger partial charge in [0.2, 0.25) is 0 Å². The third kappa shape index (κ3) is 3.35. The molecule has 1 atom stereocenters. The third-order valence-electron chi connectivity index (χ3n) is 5.56. The Morgan fingerprint density at radius 1 is 1.04 bits per heavy atom. The smallest absolute Gasteiger partial charge is 0.265 e. The van der Waals surface area contributed by atoms with E-state index in [1.807, 2.05) is 0 Å². The minimum Gasteiger partial charge on any atom is -0.476 e. The van der Waals surface area contributed by atoms with Crippen molar-refractivity contribution >= 4 is 21.6 Å². The van der Waals surface area contributed by atoms with Gasteiger partial charge in [-0.05, 0) is 37.1 Å². The van der Waals surface area contributed by atoms with Crippen LogP contribution in [0.5, 0.6) is 5.75 Å². The van der Waals surface area contributed by atoms with Crippen molar-refractivity contribution in [2.24, 2.45) is 0 Å². The molecule has 2 aliphatic rings. The van der Waals surface area contributed by atoms with E-state index < -0.39 is 16.1 Å². The van der Waals surface area contributed by atoms with E-state index in [4.69, 9.17) is 4.74 Å². The number of likely N-dealkylation sites (N-methyl/N-ethyl adjacent to an activating group) is 1. The Morgan fingerprint density at radius 2 is 1.68 bits per heavy atom. The summed E-state index contributed by atoms with van der Waals surface area (Å²) in [5.74, 6) is 0.237. The topological polar surface area (TPSA) is 66.9 Å². The second-order valence-corrected chi connectivity index (χ2v) is 9.17. The Hall–Kier alpha value is -2.54.